The van der Waals surface area contributed by atoms with Crippen LogP contribution in [0.4, 0.5) is 10.1 Å². The highest BCUT2D eigenvalue weighted by atomic mass is 19.1. The van der Waals surface area contributed by atoms with E-state index in [1.54, 1.807) is 48.9 Å². The van der Waals surface area contributed by atoms with E-state index in [2.05, 4.69) is 5.32 Å². The maximum Gasteiger partial charge on any atom is 0.338 e. The van der Waals surface area contributed by atoms with E-state index < -0.39 is 11.9 Å². The van der Waals surface area contributed by atoms with Crippen LogP contribution in [0.3, 0.4) is 0 Å². The quantitative estimate of drug-likeness (QED) is 0.740. The number of hydrogen-bond acceptors (Lipinski definition) is 3. The number of ether oxygens (including phenoxy) is 1. The molecular weight excluding hydrogens is 323 g/mol. The van der Waals surface area contributed by atoms with Crippen LogP contribution in [0.25, 0.3) is 10.9 Å². The molecular formula is C19H17FN2O3. The molecule has 1 aromatic heterocycles. The van der Waals surface area contributed by atoms with Crippen molar-refractivity contribution in [1.82, 2.24) is 4.57 Å². The molecule has 3 rings (SSSR count). The second kappa shape index (κ2) is 6.39. The summed E-state index contributed by atoms with van der Waals surface area (Å²) in [6.07, 6.45) is 0. The predicted molar refractivity (Wildman–Crippen MR) is 93.3 cm³/mol. The van der Waals surface area contributed by atoms with Crippen LogP contribution in [0, 0.1) is 12.7 Å². The number of anilines is 1. The van der Waals surface area contributed by atoms with E-state index >= 15 is 0 Å². The zero-order chi connectivity index (χ0) is 18.1. The molecule has 0 atom stereocenters. The highest BCUT2D eigenvalue weighted by molar-refractivity contribution is 6.07. The first kappa shape index (κ1) is 16.7. The second-order valence-corrected chi connectivity index (χ2v) is 5.74. The molecule has 1 heterocycles. The van der Waals surface area contributed by atoms with E-state index in [-0.39, 0.29) is 5.82 Å². The van der Waals surface area contributed by atoms with Crippen molar-refractivity contribution in [3.8, 4) is 0 Å². The van der Waals surface area contributed by atoms with Crippen molar-refractivity contribution >= 4 is 28.5 Å². The summed E-state index contributed by atoms with van der Waals surface area (Å²) in [5.74, 6) is -1.24. The molecule has 0 spiro atoms. The van der Waals surface area contributed by atoms with Gasteiger partial charge in [-0.05, 0) is 42.8 Å². The Morgan fingerprint density at radius 3 is 2.60 bits per heavy atom. The van der Waals surface area contributed by atoms with Gasteiger partial charge in [0.2, 0.25) is 0 Å². The molecule has 1 amide bonds. The van der Waals surface area contributed by atoms with Crippen LogP contribution in [0.2, 0.25) is 0 Å². The number of methoxy groups -OCH3 is 1. The molecule has 0 aliphatic rings. The Labute approximate surface area is 144 Å². The summed E-state index contributed by atoms with van der Waals surface area (Å²) in [6.45, 7) is 1.78. The number of nitrogens with one attached hydrogen (secondary N) is 1. The number of halogens is 1. The molecule has 0 saturated heterocycles. The number of aryl methyl sites for hydroxylation is 2. The van der Waals surface area contributed by atoms with Crippen molar-refractivity contribution in [3.05, 3.63) is 65.1 Å². The molecule has 1 N–H and O–H groups in total. The molecule has 3 aromatic rings. The highest BCUT2D eigenvalue weighted by Gasteiger charge is 2.17. The van der Waals surface area contributed by atoms with E-state index in [0.29, 0.717) is 27.8 Å². The van der Waals surface area contributed by atoms with Gasteiger partial charge in [0.25, 0.3) is 5.91 Å². The Bertz CT molecular complexity index is 992. The van der Waals surface area contributed by atoms with Crippen molar-refractivity contribution < 1.29 is 18.7 Å². The largest absolute Gasteiger partial charge is 0.465 e. The summed E-state index contributed by atoms with van der Waals surface area (Å²) >= 11 is 0. The number of benzene rings is 2. The fourth-order valence-electron chi connectivity index (χ4n) is 2.77. The lowest BCUT2D eigenvalue weighted by Gasteiger charge is -2.09. The zero-order valence-corrected chi connectivity index (χ0v) is 14.1. The van der Waals surface area contributed by atoms with E-state index in [9.17, 15) is 14.0 Å². The fraction of sp³-hybridized carbons (Fsp3) is 0.158. The minimum Gasteiger partial charge on any atom is -0.465 e. The smallest absolute Gasteiger partial charge is 0.338 e. The van der Waals surface area contributed by atoms with Gasteiger partial charge in [0, 0.05) is 18.1 Å². The number of hydrogen-bond donors (Lipinski definition) is 1. The lowest BCUT2D eigenvalue weighted by Crippen LogP contribution is -2.16. The second-order valence-electron chi connectivity index (χ2n) is 5.74. The number of nitrogens with zero attached hydrogens (tertiary/aromatic N) is 1. The van der Waals surface area contributed by atoms with Crippen molar-refractivity contribution in [3.63, 3.8) is 0 Å². The molecule has 128 valence electrons. The lowest BCUT2D eigenvalue weighted by molar-refractivity contribution is 0.0599. The van der Waals surface area contributed by atoms with Gasteiger partial charge in [-0.15, -0.1) is 0 Å². The number of amides is 1. The molecule has 0 bridgehead atoms. The Balaban J connectivity index is 1.94. The van der Waals surface area contributed by atoms with E-state index in [0.717, 1.165) is 5.56 Å². The van der Waals surface area contributed by atoms with Crippen LogP contribution >= 0.6 is 0 Å². The van der Waals surface area contributed by atoms with E-state index in [4.69, 9.17) is 4.74 Å². The van der Waals surface area contributed by atoms with Gasteiger partial charge < -0.3 is 14.6 Å². The first-order chi connectivity index (χ1) is 11.9. The van der Waals surface area contributed by atoms with Crippen LogP contribution in [0.1, 0.15) is 26.4 Å². The van der Waals surface area contributed by atoms with Gasteiger partial charge in [-0.1, -0.05) is 12.1 Å². The van der Waals surface area contributed by atoms with Crippen LogP contribution in [-0.4, -0.2) is 23.6 Å². The van der Waals surface area contributed by atoms with Gasteiger partial charge in [-0.3, -0.25) is 4.79 Å². The average Bonchev–Trinajstić information content (AvgIpc) is 2.94. The SMILES string of the molecule is COC(=O)c1cc(NC(=O)c2cc3c(F)cccc3n2C)ccc1C. The molecule has 0 saturated carbocycles. The van der Waals surface area contributed by atoms with Gasteiger partial charge in [-0.25, -0.2) is 9.18 Å². The van der Waals surface area contributed by atoms with Gasteiger partial charge in [-0.2, -0.15) is 0 Å². The molecule has 0 aliphatic heterocycles. The minimum absolute atomic E-state index is 0.320. The first-order valence-corrected chi connectivity index (χ1v) is 7.66. The van der Waals surface area contributed by atoms with Crippen LogP contribution in [-0.2, 0) is 11.8 Å². The Morgan fingerprint density at radius 2 is 1.92 bits per heavy atom. The number of carbonyl (C=O) groups excluding carboxylic acids is 2. The average molecular weight is 340 g/mol. The molecule has 0 fully saturated rings. The molecule has 5 nitrogen and oxygen atoms in total. The normalized spacial score (nSPS) is 10.7. The number of aromatic nitrogens is 1. The van der Waals surface area contributed by atoms with Crippen LogP contribution < -0.4 is 5.32 Å². The summed E-state index contributed by atoms with van der Waals surface area (Å²) in [5, 5.41) is 3.12. The van der Waals surface area contributed by atoms with Crippen molar-refractivity contribution in [1.29, 1.82) is 0 Å². The minimum atomic E-state index is -0.472. The molecule has 0 unspecified atom stereocenters. The number of rotatable bonds is 3. The number of fused-ring (bicyclic) bond motifs is 1. The third-order valence-corrected chi connectivity index (χ3v) is 4.17. The fourth-order valence-corrected chi connectivity index (χ4v) is 2.77. The highest BCUT2D eigenvalue weighted by Crippen LogP contribution is 2.23. The summed E-state index contributed by atoms with van der Waals surface area (Å²) < 4.78 is 20.3. The molecule has 25 heavy (non-hydrogen) atoms. The Kier molecular flexibility index (Phi) is 4.27. The number of carbonyl (C=O) groups is 2. The van der Waals surface area contributed by atoms with Gasteiger partial charge in [0.15, 0.2) is 0 Å². The maximum absolute atomic E-state index is 13.9. The molecule has 0 radical (unpaired) electrons. The molecule has 6 heteroatoms. The summed E-state index contributed by atoms with van der Waals surface area (Å²) in [7, 11) is 3.00. The summed E-state index contributed by atoms with van der Waals surface area (Å²) in [5.41, 5.74) is 2.53. The van der Waals surface area contributed by atoms with Gasteiger partial charge >= 0.3 is 5.97 Å². The number of esters is 1. The third kappa shape index (κ3) is 2.98. The van der Waals surface area contributed by atoms with E-state index in [1.807, 2.05) is 0 Å². The topological polar surface area (TPSA) is 60.3 Å². The first-order valence-electron chi connectivity index (χ1n) is 7.66. The lowest BCUT2D eigenvalue weighted by atomic mass is 10.1. The monoisotopic (exact) mass is 340 g/mol. The van der Waals surface area contributed by atoms with Gasteiger partial charge in [0.1, 0.15) is 11.5 Å². The van der Waals surface area contributed by atoms with E-state index in [1.165, 1.54) is 19.2 Å². The van der Waals surface area contributed by atoms with Crippen molar-refractivity contribution in [2.45, 2.75) is 6.92 Å². The standard InChI is InChI=1S/C19H17FN2O3/c1-11-7-8-12(9-13(11)19(24)25-3)21-18(23)17-10-14-15(20)5-4-6-16(14)22(17)2/h4-10H,1-3H3,(H,21,23). The Morgan fingerprint density at radius 1 is 1.16 bits per heavy atom. The zero-order valence-electron chi connectivity index (χ0n) is 14.1. The predicted octanol–water partition coefficient (Wildman–Crippen LogP) is 3.66. The summed E-state index contributed by atoms with van der Waals surface area (Å²) in [4.78, 5) is 24.4. The summed E-state index contributed by atoms with van der Waals surface area (Å²) in [6, 6.07) is 11.2. The molecule has 2 aromatic carbocycles. The van der Waals surface area contributed by atoms with Crippen molar-refractivity contribution in [2.24, 2.45) is 7.05 Å². The Hall–Kier alpha value is -3.15. The van der Waals surface area contributed by atoms with Crippen LogP contribution in [0.5, 0.6) is 0 Å². The van der Waals surface area contributed by atoms with Gasteiger partial charge in [0.05, 0.1) is 18.2 Å². The molecule has 0 aliphatic carbocycles. The van der Waals surface area contributed by atoms with Crippen LogP contribution in [0.15, 0.2) is 42.5 Å². The van der Waals surface area contributed by atoms with Crippen molar-refractivity contribution in [2.75, 3.05) is 12.4 Å². The third-order valence-electron chi connectivity index (χ3n) is 4.17. The maximum atomic E-state index is 13.9.